The largest absolute Gasteiger partial charge is 0.285 e. The Kier molecular flexibility index (Phi) is 10.7. The van der Waals surface area contributed by atoms with Crippen molar-refractivity contribution in [3.63, 3.8) is 0 Å². The Bertz CT molecular complexity index is 428. The Morgan fingerprint density at radius 2 is 2.10 bits per heavy atom. The van der Waals surface area contributed by atoms with E-state index >= 15 is 0 Å². The van der Waals surface area contributed by atoms with Gasteiger partial charge in [0.05, 0.1) is 13.8 Å². The van der Waals surface area contributed by atoms with Crippen LogP contribution in [0.15, 0.2) is 52.6 Å². The average Bonchev–Trinajstić information content (AvgIpc) is 2.35. The van der Waals surface area contributed by atoms with Gasteiger partial charge >= 0.3 is 0 Å². The zero-order valence-corrected chi connectivity index (χ0v) is 13.8. The standard InChI is InChI=1S/C17H26N2S/c1-6-10-15(2)13-17(18-14-19(4)5)12-9-7-8-11-16(3)20/h7-9,11,13-15H,3-4,6,10,12H2,1-2,5H3/p+1/b9-7-,11-8-,17-13-,18-14-. The summed E-state index contributed by atoms with van der Waals surface area (Å²) in [5.74, 6) is 0.545. The van der Waals surface area contributed by atoms with Crippen molar-refractivity contribution < 1.29 is 4.58 Å². The summed E-state index contributed by atoms with van der Waals surface area (Å²) in [5, 5.41) is 0. The molecule has 0 fully saturated rings. The second-order valence-corrected chi connectivity index (χ2v) is 5.48. The Hall–Kier alpha value is -1.35. The van der Waals surface area contributed by atoms with Crippen LogP contribution in [0.5, 0.6) is 0 Å². The number of hydrogen-bond donors (Lipinski definition) is 1. The lowest BCUT2D eigenvalue weighted by Crippen LogP contribution is -1.98. The molecule has 2 nitrogen and oxygen atoms in total. The predicted molar refractivity (Wildman–Crippen MR) is 95.0 cm³/mol. The zero-order chi connectivity index (χ0) is 15.4. The number of nitrogens with zero attached hydrogens (tertiary/aromatic N) is 2. The maximum absolute atomic E-state index is 4.47. The summed E-state index contributed by atoms with van der Waals surface area (Å²) in [5.41, 5.74) is 1.07. The van der Waals surface area contributed by atoms with E-state index in [1.54, 1.807) is 10.9 Å². The Balaban J connectivity index is 4.69. The van der Waals surface area contributed by atoms with Gasteiger partial charge in [-0.05, 0) is 29.4 Å². The van der Waals surface area contributed by atoms with E-state index in [9.17, 15) is 0 Å². The molecule has 0 spiro atoms. The van der Waals surface area contributed by atoms with Crippen LogP contribution >= 0.6 is 12.6 Å². The van der Waals surface area contributed by atoms with Crippen molar-refractivity contribution in [3.05, 3.63) is 47.6 Å². The molecule has 0 aromatic rings. The number of thiol groups is 1. The highest BCUT2D eigenvalue weighted by Crippen LogP contribution is 2.13. The highest BCUT2D eigenvalue weighted by molar-refractivity contribution is 7.84. The Morgan fingerprint density at radius 3 is 2.65 bits per heavy atom. The average molecular weight is 291 g/mol. The molecule has 0 aliphatic rings. The number of hydrogen-bond acceptors (Lipinski definition) is 2. The highest BCUT2D eigenvalue weighted by atomic mass is 32.1. The molecule has 0 radical (unpaired) electrons. The molecule has 0 amide bonds. The summed E-state index contributed by atoms with van der Waals surface area (Å²) < 4.78 is 1.70. The summed E-state index contributed by atoms with van der Waals surface area (Å²) >= 11 is 4.10. The number of allylic oxidation sites excluding steroid dienone is 5. The molecule has 0 saturated carbocycles. The Labute approximate surface area is 129 Å². The molecule has 0 aliphatic carbocycles. The topological polar surface area (TPSA) is 15.4 Å². The minimum Gasteiger partial charge on any atom is -0.247 e. The molecular formula is C17H27N2S+. The van der Waals surface area contributed by atoms with Crippen LogP contribution in [0, 0.1) is 5.92 Å². The second kappa shape index (κ2) is 11.5. The van der Waals surface area contributed by atoms with Crippen molar-refractivity contribution in [2.75, 3.05) is 7.05 Å². The molecule has 0 aromatic carbocycles. The molecule has 3 heteroatoms. The molecule has 1 unspecified atom stereocenters. The summed E-state index contributed by atoms with van der Waals surface area (Å²) in [7, 11) is 1.87. The van der Waals surface area contributed by atoms with Crippen LogP contribution in [0.2, 0.25) is 0 Å². The van der Waals surface area contributed by atoms with E-state index in [2.05, 4.69) is 56.9 Å². The fourth-order valence-electron chi connectivity index (χ4n) is 1.64. The lowest BCUT2D eigenvalue weighted by atomic mass is 10.0. The zero-order valence-electron chi connectivity index (χ0n) is 12.9. The number of aliphatic imine (C=N–C) groups is 1. The van der Waals surface area contributed by atoms with Gasteiger partial charge in [0.1, 0.15) is 0 Å². The van der Waals surface area contributed by atoms with E-state index in [4.69, 9.17) is 0 Å². The van der Waals surface area contributed by atoms with Gasteiger partial charge in [0.2, 0.25) is 0 Å². The first-order chi connectivity index (χ1) is 9.45. The molecular weight excluding hydrogens is 264 g/mol. The predicted octanol–water partition coefficient (Wildman–Crippen LogP) is 4.62. The van der Waals surface area contributed by atoms with Crippen LogP contribution in [0.1, 0.15) is 33.1 Å². The molecule has 110 valence electrons. The van der Waals surface area contributed by atoms with E-state index in [0.29, 0.717) is 5.92 Å². The molecule has 0 aliphatic heterocycles. The van der Waals surface area contributed by atoms with Gasteiger partial charge in [-0.25, -0.2) is 4.58 Å². The molecule has 0 N–H and O–H groups in total. The first-order valence-corrected chi connectivity index (χ1v) is 7.39. The van der Waals surface area contributed by atoms with Gasteiger partial charge in [0, 0.05) is 6.42 Å². The molecule has 0 aromatic heterocycles. The van der Waals surface area contributed by atoms with E-state index in [1.807, 2.05) is 25.3 Å². The van der Waals surface area contributed by atoms with Crippen molar-refractivity contribution in [1.29, 1.82) is 0 Å². The SMILES string of the molecule is C=C(S)/C=C\C=C/CC(=C/C(C)CCC)/N=C\[N+](=C)C. The molecule has 0 saturated heterocycles. The molecule has 0 rings (SSSR count). The Morgan fingerprint density at radius 1 is 1.40 bits per heavy atom. The quantitative estimate of drug-likeness (QED) is 0.210. The van der Waals surface area contributed by atoms with Crippen LogP contribution in [0.4, 0.5) is 0 Å². The summed E-state index contributed by atoms with van der Waals surface area (Å²) in [6.07, 6.45) is 15.0. The van der Waals surface area contributed by atoms with Crippen molar-refractivity contribution in [2.45, 2.75) is 33.1 Å². The van der Waals surface area contributed by atoms with Gasteiger partial charge in [-0.1, -0.05) is 50.1 Å². The van der Waals surface area contributed by atoms with Gasteiger partial charge in [-0.2, -0.15) is 0 Å². The third-order valence-corrected chi connectivity index (χ3v) is 2.65. The lowest BCUT2D eigenvalue weighted by Gasteiger charge is -2.02. The normalized spacial score (nSPS) is 14.5. The smallest absolute Gasteiger partial charge is 0.247 e. The van der Waals surface area contributed by atoms with Crippen LogP contribution in [0.3, 0.4) is 0 Å². The third kappa shape index (κ3) is 11.7. The minimum absolute atomic E-state index is 0.545. The number of rotatable bonds is 9. The van der Waals surface area contributed by atoms with E-state index in [0.717, 1.165) is 17.0 Å². The van der Waals surface area contributed by atoms with Crippen molar-refractivity contribution in [3.8, 4) is 0 Å². The van der Waals surface area contributed by atoms with E-state index in [1.165, 1.54) is 12.8 Å². The van der Waals surface area contributed by atoms with Crippen LogP contribution in [-0.4, -0.2) is 24.7 Å². The second-order valence-electron chi connectivity index (χ2n) is 4.91. The fourth-order valence-corrected chi connectivity index (χ4v) is 1.72. The maximum atomic E-state index is 4.47. The van der Waals surface area contributed by atoms with Gasteiger partial charge in [0.15, 0.2) is 5.70 Å². The molecule has 1 atom stereocenters. The van der Waals surface area contributed by atoms with E-state index < -0.39 is 0 Å². The van der Waals surface area contributed by atoms with Crippen LogP contribution < -0.4 is 0 Å². The van der Waals surface area contributed by atoms with Crippen molar-refractivity contribution in [1.82, 2.24) is 0 Å². The van der Waals surface area contributed by atoms with Crippen molar-refractivity contribution >= 4 is 25.7 Å². The minimum atomic E-state index is 0.545. The summed E-state index contributed by atoms with van der Waals surface area (Å²) in [6, 6.07) is 0. The van der Waals surface area contributed by atoms with Crippen LogP contribution in [0.25, 0.3) is 0 Å². The van der Waals surface area contributed by atoms with Gasteiger partial charge < -0.3 is 0 Å². The first-order valence-electron chi connectivity index (χ1n) is 6.95. The third-order valence-electron chi connectivity index (χ3n) is 2.50. The van der Waals surface area contributed by atoms with Crippen LogP contribution in [-0.2, 0) is 0 Å². The van der Waals surface area contributed by atoms with Gasteiger partial charge in [-0.15, -0.1) is 12.6 Å². The summed E-state index contributed by atoms with van der Waals surface area (Å²) in [4.78, 5) is 5.22. The first kappa shape index (κ1) is 18.7. The lowest BCUT2D eigenvalue weighted by molar-refractivity contribution is -0.349. The molecule has 0 heterocycles. The molecule has 0 bridgehead atoms. The van der Waals surface area contributed by atoms with Crippen molar-refractivity contribution in [2.24, 2.45) is 10.9 Å². The fraction of sp³-hybridized carbons (Fsp3) is 0.412. The summed E-state index contributed by atoms with van der Waals surface area (Å²) in [6.45, 7) is 11.9. The highest BCUT2D eigenvalue weighted by Gasteiger charge is 2.03. The monoisotopic (exact) mass is 291 g/mol. The van der Waals surface area contributed by atoms with E-state index in [-0.39, 0.29) is 0 Å². The maximum Gasteiger partial charge on any atom is 0.285 e. The molecule has 20 heavy (non-hydrogen) atoms. The van der Waals surface area contributed by atoms with Gasteiger partial charge in [-0.3, -0.25) is 0 Å². The van der Waals surface area contributed by atoms with Gasteiger partial charge in [0.25, 0.3) is 6.34 Å².